The number of rotatable bonds is 10. The second kappa shape index (κ2) is 10.5. The van der Waals surface area contributed by atoms with E-state index in [2.05, 4.69) is 10.2 Å². The standard InChI is InChI=1S/C23H31N3O4S/c1-3-30-22-14-12-21(13-15-22)26(31(2,28)29)18-6-7-23(27)24-19-8-10-20(11-9-19)25-16-4-5-17-25/h8-15H,3-7,16-18H2,1-2H3,(H,24,27). The number of ether oxygens (including phenoxy) is 1. The molecule has 1 saturated heterocycles. The van der Waals surface area contributed by atoms with Crippen molar-refractivity contribution in [1.82, 2.24) is 0 Å². The van der Waals surface area contributed by atoms with Crippen molar-refractivity contribution in [3.8, 4) is 5.75 Å². The molecule has 2 aromatic carbocycles. The highest BCUT2D eigenvalue weighted by molar-refractivity contribution is 7.92. The lowest BCUT2D eigenvalue weighted by atomic mass is 10.2. The van der Waals surface area contributed by atoms with Crippen molar-refractivity contribution >= 4 is 33.0 Å². The van der Waals surface area contributed by atoms with Crippen LogP contribution in [0.15, 0.2) is 48.5 Å². The van der Waals surface area contributed by atoms with Crippen molar-refractivity contribution in [1.29, 1.82) is 0 Å². The predicted molar refractivity (Wildman–Crippen MR) is 126 cm³/mol. The summed E-state index contributed by atoms with van der Waals surface area (Å²) in [5.41, 5.74) is 2.48. The normalized spacial score (nSPS) is 13.8. The summed E-state index contributed by atoms with van der Waals surface area (Å²) in [6.07, 6.45) is 4.26. The molecule has 0 saturated carbocycles. The molecule has 0 atom stereocenters. The number of hydrogen-bond donors (Lipinski definition) is 1. The van der Waals surface area contributed by atoms with Gasteiger partial charge in [-0.05, 0) is 74.7 Å². The van der Waals surface area contributed by atoms with Crippen molar-refractivity contribution < 1.29 is 17.9 Å². The van der Waals surface area contributed by atoms with Gasteiger partial charge in [0.2, 0.25) is 15.9 Å². The van der Waals surface area contributed by atoms with Crippen LogP contribution in [0, 0.1) is 0 Å². The van der Waals surface area contributed by atoms with E-state index in [-0.39, 0.29) is 18.9 Å². The van der Waals surface area contributed by atoms with Crippen molar-refractivity contribution in [3.63, 3.8) is 0 Å². The van der Waals surface area contributed by atoms with E-state index >= 15 is 0 Å². The average Bonchev–Trinajstić information content (AvgIpc) is 3.27. The third-order valence-corrected chi connectivity index (χ3v) is 6.42. The molecule has 1 amide bonds. The summed E-state index contributed by atoms with van der Waals surface area (Å²) in [6.45, 7) is 4.83. The first-order chi connectivity index (χ1) is 14.9. The second-order valence-corrected chi connectivity index (χ2v) is 9.56. The summed E-state index contributed by atoms with van der Waals surface area (Å²) >= 11 is 0. The molecule has 0 spiro atoms. The largest absolute Gasteiger partial charge is 0.494 e. The van der Waals surface area contributed by atoms with Crippen LogP contribution in [0.2, 0.25) is 0 Å². The maximum Gasteiger partial charge on any atom is 0.232 e. The fourth-order valence-corrected chi connectivity index (χ4v) is 4.66. The third kappa shape index (κ3) is 6.62. The molecule has 3 rings (SSSR count). The van der Waals surface area contributed by atoms with Gasteiger partial charge in [0.25, 0.3) is 0 Å². The van der Waals surface area contributed by atoms with Gasteiger partial charge in [-0.25, -0.2) is 8.42 Å². The van der Waals surface area contributed by atoms with Crippen LogP contribution in [0.3, 0.4) is 0 Å². The van der Waals surface area contributed by atoms with Gasteiger partial charge in [-0.15, -0.1) is 0 Å². The molecule has 0 bridgehead atoms. The highest BCUT2D eigenvalue weighted by atomic mass is 32.2. The van der Waals surface area contributed by atoms with Gasteiger partial charge in [0.05, 0.1) is 18.6 Å². The molecule has 0 aromatic heterocycles. The van der Waals surface area contributed by atoms with Gasteiger partial charge in [-0.2, -0.15) is 0 Å². The van der Waals surface area contributed by atoms with Crippen molar-refractivity contribution in [2.45, 2.75) is 32.6 Å². The lowest BCUT2D eigenvalue weighted by Crippen LogP contribution is -2.31. The van der Waals surface area contributed by atoms with E-state index in [0.717, 1.165) is 18.8 Å². The smallest absolute Gasteiger partial charge is 0.232 e. The molecular formula is C23H31N3O4S. The molecule has 2 aromatic rings. The Morgan fingerprint density at radius 1 is 1.06 bits per heavy atom. The Bertz CT molecular complexity index is 953. The van der Waals surface area contributed by atoms with E-state index in [1.54, 1.807) is 24.3 Å². The van der Waals surface area contributed by atoms with Crippen molar-refractivity contribution in [2.24, 2.45) is 0 Å². The van der Waals surface area contributed by atoms with Crippen LogP contribution >= 0.6 is 0 Å². The number of sulfonamides is 1. The number of anilines is 3. The lowest BCUT2D eigenvalue weighted by molar-refractivity contribution is -0.116. The maximum atomic E-state index is 12.3. The minimum absolute atomic E-state index is 0.130. The van der Waals surface area contributed by atoms with Gasteiger partial charge < -0.3 is 15.0 Å². The Kier molecular flexibility index (Phi) is 7.79. The number of nitrogens with one attached hydrogen (secondary N) is 1. The molecular weight excluding hydrogens is 414 g/mol. The quantitative estimate of drug-likeness (QED) is 0.601. The molecule has 1 fully saturated rings. The number of benzene rings is 2. The van der Waals surface area contributed by atoms with E-state index in [1.807, 2.05) is 31.2 Å². The van der Waals surface area contributed by atoms with E-state index < -0.39 is 10.0 Å². The fraction of sp³-hybridized carbons (Fsp3) is 0.435. The topological polar surface area (TPSA) is 79.0 Å². The summed E-state index contributed by atoms with van der Waals surface area (Å²) in [7, 11) is -3.46. The van der Waals surface area contributed by atoms with E-state index in [1.165, 1.54) is 29.1 Å². The minimum Gasteiger partial charge on any atom is -0.494 e. The summed E-state index contributed by atoms with van der Waals surface area (Å²) in [4.78, 5) is 14.7. The lowest BCUT2D eigenvalue weighted by Gasteiger charge is -2.22. The highest BCUT2D eigenvalue weighted by Crippen LogP contribution is 2.23. The Morgan fingerprint density at radius 3 is 2.29 bits per heavy atom. The first-order valence-corrected chi connectivity index (χ1v) is 12.6. The Hall–Kier alpha value is -2.74. The van der Waals surface area contributed by atoms with Gasteiger partial charge >= 0.3 is 0 Å². The molecule has 1 aliphatic rings. The molecule has 8 heteroatoms. The van der Waals surface area contributed by atoms with Crippen molar-refractivity contribution in [2.75, 3.05) is 47.0 Å². The fourth-order valence-electron chi connectivity index (χ4n) is 3.70. The number of nitrogens with zero attached hydrogens (tertiary/aromatic N) is 2. The molecule has 31 heavy (non-hydrogen) atoms. The predicted octanol–water partition coefficient (Wildman–Crippen LogP) is 3.87. The van der Waals surface area contributed by atoms with E-state index in [9.17, 15) is 13.2 Å². The van der Waals surface area contributed by atoms with Crippen LogP contribution in [0.25, 0.3) is 0 Å². The first-order valence-electron chi connectivity index (χ1n) is 10.7. The van der Waals surface area contributed by atoms with Crippen LogP contribution in [0.1, 0.15) is 32.6 Å². The zero-order valence-electron chi connectivity index (χ0n) is 18.2. The summed E-state index contributed by atoms with van der Waals surface area (Å²) in [5, 5.41) is 2.89. The number of carbonyl (C=O) groups excluding carboxylic acids is 1. The van der Waals surface area contributed by atoms with Gasteiger partial charge in [-0.3, -0.25) is 9.10 Å². The van der Waals surface area contributed by atoms with Gasteiger partial charge in [0, 0.05) is 37.4 Å². The number of hydrogen-bond acceptors (Lipinski definition) is 5. The van der Waals surface area contributed by atoms with Crippen LogP contribution in [-0.4, -0.2) is 46.8 Å². The zero-order chi connectivity index (χ0) is 22.3. The molecule has 0 radical (unpaired) electrons. The molecule has 0 unspecified atom stereocenters. The van der Waals surface area contributed by atoms with E-state index in [0.29, 0.717) is 24.5 Å². The molecule has 168 valence electrons. The highest BCUT2D eigenvalue weighted by Gasteiger charge is 2.18. The number of carbonyl (C=O) groups is 1. The Morgan fingerprint density at radius 2 is 1.71 bits per heavy atom. The monoisotopic (exact) mass is 445 g/mol. The van der Waals surface area contributed by atoms with Crippen LogP contribution in [0.4, 0.5) is 17.1 Å². The maximum absolute atomic E-state index is 12.3. The minimum atomic E-state index is -3.46. The van der Waals surface area contributed by atoms with Crippen LogP contribution < -0.4 is 19.3 Å². The summed E-state index contributed by atoms with van der Waals surface area (Å²) in [6, 6.07) is 14.8. The van der Waals surface area contributed by atoms with Gasteiger partial charge in [0.1, 0.15) is 5.75 Å². The summed E-state index contributed by atoms with van der Waals surface area (Å²) < 4.78 is 31.2. The Balaban J connectivity index is 1.52. The third-order valence-electron chi connectivity index (χ3n) is 5.22. The Labute approximate surface area is 185 Å². The first kappa shape index (κ1) is 22.9. The van der Waals surface area contributed by atoms with Crippen LogP contribution in [-0.2, 0) is 14.8 Å². The molecule has 0 aliphatic carbocycles. The summed E-state index contributed by atoms with van der Waals surface area (Å²) in [5.74, 6) is 0.559. The molecule has 1 heterocycles. The molecule has 1 aliphatic heterocycles. The second-order valence-electron chi connectivity index (χ2n) is 7.65. The number of amides is 1. The SMILES string of the molecule is CCOc1ccc(N(CCCC(=O)Nc2ccc(N3CCCC3)cc2)S(C)(=O)=O)cc1. The molecule has 7 nitrogen and oxygen atoms in total. The van der Waals surface area contributed by atoms with Gasteiger partial charge in [0.15, 0.2) is 0 Å². The average molecular weight is 446 g/mol. The van der Waals surface area contributed by atoms with Crippen LogP contribution in [0.5, 0.6) is 5.75 Å². The zero-order valence-corrected chi connectivity index (χ0v) is 19.0. The molecule has 1 N–H and O–H groups in total. The van der Waals surface area contributed by atoms with Crippen molar-refractivity contribution in [3.05, 3.63) is 48.5 Å². The van der Waals surface area contributed by atoms with E-state index in [4.69, 9.17) is 4.74 Å². The van der Waals surface area contributed by atoms with Gasteiger partial charge in [-0.1, -0.05) is 0 Å².